The topological polar surface area (TPSA) is 174 Å². The molecule has 2 rings (SSSR count). The van der Waals surface area contributed by atoms with E-state index >= 15 is 0 Å². The van der Waals surface area contributed by atoms with Crippen molar-refractivity contribution in [3.8, 4) is 5.88 Å². The summed E-state index contributed by atoms with van der Waals surface area (Å²) in [5.41, 5.74) is -1.43. The molecule has 0 aliphatic heterocycles. The molecule has 0 bridgehead atoms. The van der Waals surface area contributed by atoms with Gasteiger partial charge in [-0.05, 0) is 6.07 Å². The zero-order chi connectivity index (χ0) is 21.7. The Balaban J connectivity index is 2.49. The van der Waals surface area contributed by atoms with Crippen LogP contribution in [0.1, 0.15) is 10.4 Å². The van der Waals surface area contributed by atoms with E-state index in [1.54, 1.807) is 0 Å². The summed E-state index contributed by atoms with van der Waals surface area (Å²) in [6.45, 7) is 0. The number of nitrogens with zero attached hydrogens (tertiary/aromatic N) is 4. The second-order valence-electron chi connectivity index (χ2n) is 4.96. The van der Waals surface area contributed by atoms with E-state index in [4.69, 9.17) is 16.3 Å². The van der Waals surface area contributed by atoms with Gasteiger partial charge in [-0.1, -0.05) is 11.6 Å². The summed E-state index contributed by atoms with van der Waals surface area (Å²) in [6, 6.07) is 2.69. The summed E-state index contributed by atoms with van der Waals surface area (Å²) in [7, 11) is 2.29. The van der Waals surface area contributed by atoms with Crippen molar-refractivity contribution in [3.05, 3.63) is 45.1 Å². The molecule has 15 heteroatoms. The predicted octanol–water partition coefficient (Wildman–Crippen LogP) is 2.01. The van der Waals surface area contributed by atoms with Gasteiger partial charge in [-0.25, -0.2) is 18.8 Å². The van der Waals surface area contributed by atoms with Gasteiger partial charge in [0.25, 0.3) is 17.0 Å². The third-order valence-electron chi connectivity index (χ3n) is 3.25. The number of benzene rings is 1. The molecule has 0 radical (unpaired) electrons. The van der Waals surface area contributed by atoms with Gasteiger partial charge in [0.2, 0.25) is 11.8 Å². The van der Waals surface area contributed by atoms with Gasteiger partial charge >= 0.3 is 12.0 Å². The molecule has 0 fully saturated rings. The largest absolute Gasteiger partial charge is 0.481 e. The molecular weight excluding hydrogens is 434 g/mol. The summed E-state index contributed by atoms with van der Waals surface area (Å²) in [6.07, 6.45) is 0. The number of non-ortho nitro benzene ring substituents is 1. The van der Waals surface area contributed by atoms with E-state index in [2.05, 4.69) is 20.0 Å². The number of amides is 2. The van der Waals surface area contributed by atoms with Gasteiger partial charge in [0.05, 0.1) is 30.4 Å². The monoisotopic (exact) mass is 445 g/mol. The highest BCUT2D eigenvalue weighted by atomic mass is 35.5. The standard InChI is InChI=1S/C14H12ClN5O8S/c1-27-11-6-10(15)16-13(17-11)18-14(22)19(29(25)26)9-4-3-7(20(23)24)5-8(9)12(21)28-2/h3-6H,1-2H3,(H,25,26)(H,16,17,18,22). The Bertz CT molecular complexity index is 1000. The fraction of sp³-hybridized carbons (Fsp3) is 0.143. The van der Waals surface area contributed by atoms with Crippen LogP contribution in [0.15, 0.2) is 24.3 Å². The first-order chi connectivity index (χ1) is 13.7. The van der Waals surface area contributed by atoms with Crippen LogP contribution >= 0.6 is 11.6 Å². The van der Waals surface area contributed by atoms with Gasteiger partial charge in [-0.3, -0.25) is 20.0 Å². The predicted molar refractivity (Wildman–Crippen MR) is 100 cm³/mol. The van der Waals surface area contributed by atoms with Gasteiger partial charge in [0.15, 0.2) is 0 Å². The maximum Gasteiger partial charge on any atom is 0.342 e. The minimum atomic E-state index is -2.99. The number of hydrogen-bond acceptors (Lipinski definition) is 9. The number of carbonyl (C=O) groups excluding carboxylic acids is 2. The average Bonchev–Trinajstić information content (AvgIpc) is 2.66. The molecule has 29 heavy (non-hydrogen) atoms. The molecule has 1 aromatic carbocycles. The molecule has 2 aromatic rings. The fourth-order valence-electron chi connectivity index (χ4n) is 2.06. The molecule has 154 valence electrons. The molecule has 1 heterocycles. The van der Waals surface area contributed by atoms with E-state index in [0.717, 1.165) is 25.3 Å². The smallest absolute Gasteiger partial charge is 0.342 e. The van der Waals surface area contributed by atoms with E-state index in [-0.39, 0.29) is 21.3 Å². The van der Waals surface area contributed by atoms with Crippen molar-refractivity contribution in [1.29, 1.82) is 0 Å². The van der Waals surface area contributed by atoms with E-state index in [0.29, 0.717) is 0 Å². The number of nitro benzene ring substituents is 1. The number of methoxy groups -OCH3 is 2. The number of nitro groups is 1. The second-order valence-corrected chi connectivity index (χ2v) is 6.18. The zero-order valence-corrected chi connectivity index (χ0v) is 16.3. The number of ether oxygens (including phenoxy) is 2. The van der Waals surface area contributed by atoms with Crippen molar-refractivity contribution < 1.29 is 32.7 Å². The quantitative estimate of drug-likeness (QED) is 0.220. The number of esters is 1. The van der Waals surface area contributed by atoms with Crippen molar-refractivity contribution >= 4 is 52.2 Å². The normalized spacial score (nSPS) is 11.3. The van der Waals surface area contributed by atoms with Crippen molar-refractivity contribution in [1.82, 2.24) is 9.97 Å². The SMILES string of the molecule is COC(=O)c1cc([N+](=O)[O-])ccc1N(C(=O)Nc1nc(Cl)cc(OC)n1)S(=O)O. The molecule has 2 amide bonds. The lowest BCUT2D eigenvalue weighted by atomic mass is 10.1. The van der Waals surface area contributed by atoms with Gasteiger partial charge in [0, 0.05) is 18.2 Å². The Morgan fingerprint density at radius 1 is 1.31 bits per heavy atom. The first-order valence-electron chi connectivity index (χ1n) is 7.35. The molecule has 0 aliphatic carbocycles. The minimum absolute atomic E-state index is 0.00237. The third-order valence-corrected chi connectivity index (χ3v) is 4.12. The molecule has 0 spiro atoms. The molecule has 1 aromatic heterocycles. The first-order valence-corrected chi connectivity index (χ1v) is 8.79. The Labute approximate surface area is 170 Å². The Morgan fingerprint density at radius 2 is 2.00 bits per heavy atom. The van der Waals surface area contributed by atoms with Crippen LogP contribution in [-0.4, -0.2) is 49.9 Å². The van der Waals surface area contributed by atoms with Crippen LogP contribution < -0.4 is 14.4 Å². The second kappa shape index (κ2) is 9.22. The number of nitrogens with one attached hydrogen (secondary N) is 1. The summed E-state index contributed by atoms with van der Waals surface area (Å²) in [4.78, 5) is 42.3. The molecular formula is C14H12ClN5O8S. The van der Waals surface area contributed by atoms with Crippen molar-refractivity contribution in [2.75, 3.05) is 23.8 Å². The average molecular weight is 446 g/mol. The van der Waals surface area contributed by atoms with Crippen molar-refractivity contribution in [3.63, 3.8) is 0 Å². The van der Waals surface area contributed by atoms with Crippen LogP contribution in [0.5, 0.6) is 5.88 Å². The number of rotatable bonds is 6. The van der Waals surface area contributed by atoms with Crippen molar-refractivity contribution in [2.45, 2.75) is 0 Å². The van der Waals surface area contributed by atoms with Gasteiger partial charge in [-0.2, -0.15) is 9.29 Å². The Kier molecular flexibility index (Phi) is 6.98. The highest BCUT2D eigenvalue weighted by Gasteiger charge is 2.29. The first kappa shape index (κ1) is 21.9. The maximum atomic E-state index is 12.6. The summed E-state index contributed by atoms with van der Waals surface area (Å²) in [5, 5.41) is 13.0. The lowest BCUT2D eigenvalue weighted by molar-refractivity contribution is -0.384. The number of urea groups is 1. The van der Waals surface area contributed by atoms with E-state index in [1.807, 2.05) is 0 Å². The van der Waals surface area contributed by atoms with Crippen LogP contribution in [0, 0.1) is 10.1 Å². The Hall–Kier alpha value is -3.36. The van der Waals surface area contributed by atoms with E-state index < -0.39 is 45.1 Å². The lowest BCUT2D eigenvalue weighted by Gasteiger charge is -2.20. The molecule has 0 aliphatic rings. The fourth-order valence-corrected chi connectivity index (χ4v) is 2.74. The number of aromatic nitrogens is 2. The summed E-state index contributed by atoms with van der Waals surface area (Å²) in [5.74, 6) is -1.44. The van der Waals surface area contributed by atoms with Crippen LogP contribution in [-0.2, 0) is 16.0 Å². The zero-order valence-electron chi connectivity index (χ0n) is 14.7. The van der Waals surface area contributed by atoms with Crippen LogP contribution in [0.25, 0.3) is 0 Å². The van der Waals surface area contributed by atoms with Gasteiger partial charge < -0.3 is 9.47 Å². The van der Waals surface area contributed by atoms with Gasteiger partial charge in [0.1, 0.15) is 5.15 Å². The highest BCUT2D eigenvalue weighted by molar-refractivity contribution is 7.81. The van der Waals surface area contributed by atoms with Crippen LogP contribution in [0.4, 0.5) is 22.1 Å². The van der Waals surface area contributed by atoms with Crippen molar-refractivity contribution in [2.24, 2.45) is 0 Å². The Morgan fingerprint density at radius 3 is 2.55 bits per heavy atom. The molecule has 13 nitrogen and oxygen atoms in total. The van der Waals surface area contributed by atoms with Gasteiger partial charge in [-0.15, -0.1) is 0 Å². The molecule has 1 atom stereocenters. The van der Waals surface area contributed by atoms with E-state index in [9.17, 15) is 28.5 Å². The van der Waals surface area contributed by atoms with E-state index in [1.165, 1.54) is 13.2 Å². The molecule has 1 unspecified atom stereocenters. The molecule has 2 N–H and O–H groups in total. The maximum absolute atomic E-state index is 12.6. The summed E-state index contributed by atoms with van der Waals surface area (Å²) >= 11 is 2.78. The molecule has 0 saturated heterocycles. The molecule has 0 saturated carbocycles. The minimum Gasteiger partial charge on any atom is -0.481 e. The highest BCUT2D eigenvalue weighted by Crippen LogP contribution is 2.28. The number of hydrogen-bond donors (Lipinski definition) is 2. The third kappa shape index (κ3) is 5.13. The number of anilines is 2. The lowest BCUT2D eigenvalue weighted by Crippen LogP contribution is -2.37. The number of carbonyl (C=O) groups is 2. The number of halogens is 1. The summed E-state index contributed by atoms with van der Waals surface area (Å²) < 4.78 is 31.0. The van der Waals surface area contributed by atoms with Crippen LogP contribution in [0.2, 0.25) is 5.15 Å². The van der Waals surface area contributed by atoms with Crippen LogP contribution in [0.3, 0.4) is 0 Å².